The highest BCUT2D eigenvalue weighted by molar-refractivity contribution is 5.91. The molecule has 0 aliphatic heterocycles. The monoisotopic (exact) mass is 329 g/mol. The van der Waals surface area contributed by atoms with E-state index in [0.717, 1.165) is 18.4 Å². The minimum Gasteiger partial charge on any atom is -0.496 e. The van der Waals surface area contributed by atoms with Crippen LogP contribution in [0.1, 0.15) is 30.1 Å². The van der Waals surface area contributed by atoms with E-state index >= 15 is 0 Å². The van der Waals surface area contributed by atoms with Gasteiger partial charge in [0.25, 0.3) is 0 Å². The lowest BCUT2D eigenvalue weighted by Crippen LogP contribution is -2.37. The Labute approximate surface area is 140 Å². The minimum atomic E-state index is -0.853. The van der Waals surface area contributed by atoms with Crippen LogP contribution < -0.4 is 10.1 Å². The van der Waals surface area contributed by atoms with Crippen LogP contribution in [0.2, 0.25) is 0 Å². The number of nitrogens with one attached hydrogen (secondary N) is 1. The van der Waals surface area contributed by atoms with Gasteiger partial charge in [0.2, 0.25) is 5.91 Å². The third-order valence-electron chi connectivity index (χ3n) is 4.54. The topological polar surface area (TPSA) is 58.6 Å². The highest BCUT2D eigenvalue weighted by Gasteiger charge is 2.51. The van der Waals surface area contributed by atoms with Gasteiger partial charge in [-0.1, -0.05) is 30.3 Å². The lowest BCUT2D eigenvalue weighted by Gasteiger charge is -2.19. The number of carbonyl (C=O) groups excluding carboxylic acids is 1. The average molecular weight is 329 g/mol. The van der Waals surface area contributed by atoms with Crippen molar-refractivity contribution in [2.45, 2.75) is 24.4 Å². The molecule has 0 bridgehead atoms. The minimum absolute atomic E-state index is 0.0994. The van der Waals surface area contributed by atoms with Crippen molar-refractivity contribution in [3.8, 4) is 5.75 Å². The van der Waals surface area contributed by atoms with Gasteiger partial charge in [0.1, 0.15) is 11.6 Å². The molecule has 0 saturated heterocycles. The van der Waals surface area contributed by atoms with Gasteiger partial charge in [-0.2, -0.15) is 0 Å². The molecule has 4 nitrogen and oxygen atoms in total. The molecule has 2 N–H and O–H groups in total. The zero-order valence-corrected chi connectivity index (χ0v) is 13.5. The number of hydrogen-bond donors (Lipinski definition) is 2. The summed E-state index contributed by atoms with van der Waals surface area (Å²) in [6, 6.07) is 13.2. The Bertz CT molecular complexity index is 726. The van der Waals surface area contributed by atoms with E-state index in [9.17, 15) is 14.3 Å². The van der Waals surface area contributed by atoms with Crippen LogP contribution in [-0.4, -0.2) is 24.7 Å². The van der Waals surface area contributed by atoms with E-state index in [2.05, 4.69) is 5.32 Å². The highest BCUT2D eigenvalue weighted by atomic mass is 19.1. The van der Waals surface area contributed by atoms with Gasteiger partial charge in [0.05, 0.1) is 18.6 Å². The fourth-order valence-corrected chi connectivity index (χ4v) is 2.95. The van der Waals surface area contributed by atoms with Crippen molar-refractivity contribution in [3.05, 3.63) is 65.5 Å². The van der Waals surface area contributed by atoms with Crippen LogP contribution in [0.25, 0.3) is 0 Å². The van der Waals surface area contributed by atoms with Crippen molar-refractivity contribution in [2.75, 3.05) is 13.7 Å². The molecule has 1 aliphatic carbocycles. The number of aliphatic hydroxyl groups is 1. The first-order valence-corrected chi connectivity index (χ1v) is 7.92. The van der Waals surface area contributed by atoms with E-state index < -0.39 is 11.5 Å². The number of rotatable bonds is 6. The van der Waals surface area contributed by atoms with E-state index in [4.69, 9.17) is 4.74 Å². The molecule has 1 aliphatic rings. The third-order valence-corrected chi connectivity index (χ3v) is 4.54. The zero-order valence-electron chi connectivity index (χ0n) is 13.5. The maximum absolute atomic E-state index is 13.1. The molecule has 3 rings (SSSR count). The third kappa shape index (κ3) is 3.12. The van der Waals surface area contributed by atoms with Crippen LogP contribution in [0.5, 0.6) is 5.75 Å². The van der Waals surface area contributed by atoms with Gasteiger partial charge in [-0.25, -0.2) is 4.39 Å². The molecule has 0 radical (unpaired) electrons. The number of methoxy groups -OCH3 is 1. The molecule has 1 atom stereocenters. The Balaban J connectivity index is 1.66. The Morgan fingerprint density at radius 2 is 1.92 bits per heavy atom. The molecule has 0 unspecified atom stereocenters. The number of aliphatic hydroxyl groups excluding tert-OH is 1. The standard InChI is InChI=1S/C19H20FNO3/c1-24-17-5-3-2-4-15(17)16(22)12-21-18(23)19(10-11-19)13-6-8-14(20)9-7-13/h2-9,16,22H,10-12H2,1H3,(H,21,23)/t16-/m0/s1. The van der Waals surface area contributed by atoms with Crippen molar-refractivity contribution in [1.29, 1.82) is 0 Å². The molecule has 24 heavy (non-hydrogen) atoms. The Morgan fingerprint density at radius 3 is 2.54 bits per heavy atom. The Morgan fingerprint density at radius 1 is 1.25 bits per heavy atom. The summed E-state index contributed by atoms with van der Waals surface area (Å²) in [5.74, 6) is 0.128. The van der Waals surface area contributed by atoms with Gasteiger partial charge in [-0.15, -0.1) is 0 Å². The van der Waals surface area contributed by atoms with E-state index in [1.807, 2.05) is 12.1 Å². The second-order valence-electron chi connectivity index (χ2n) is 6.06. The lowest BCUT2D eigenvalue weighted by molar-refractivity contribution is -0.124. The lowest BCUT2D eigenvalue weighted by atomic mass is 9.95. The largest absolute Gasteiger partial charge is 0.496 e. The average Bonchev–Trinajstić information content (AvgIpc) is 3.42. The van der Waals surface area contributed by atoms with Crippen molar-refractivity contribution in [3.63, 3.8) is 0 Å². The maximum Gasteiger partial charge on any atom is 0.230 e. The number of halogens is 1. The second-order valence-corrected chi connectivity index (χ2v) is 6.06. The van der Waals surface area contributed by atoms with Crippen LogP contribution in [0, 0.1) is 5.82 Å². The van der Waals surface area contributed by atoms with Gasteiger partial charge < -0.3 is 15.2 Å². The van der Waals surface area contributed by atoms with Gasteiger partial charge >= 0.3 is 0 Å². The number of carbonyl (C=O) groups is 1. The summed E-state index contributed by atoms with van der Waals surface area (Å²) in [7, 11) is 1.54. The fraction of sp³-hybridized carbons (Fsp3) is 0.316. The summed E-state index contributed by atoms with van der Waals surface area (Å²) in [5, 5.41) is 13.1. The van der Waals surface area contributed by atoms with Crippen LogP contribution in [0.15, 0.2) is 48.5 Å². The van der Waals surface area contributed by atoms with Gasteiger partial charge in [-0.05, 0) is 36.6 Å². The molecule has 5 heteroatoms. The summed E-state index contributed by atoms with van der Waals surface area (Å²) >= 11 is 0. The quantitative estimate of drug-likeness (QED) is 0.857. The maximum atomic E-state index is 13.1. The first kappa shape index (κ1) is 16.5. The second kappa shape index (κ2) is 6.61. The first-order chi connectivity index (χ1) is 11.6. The molecule has 0 heterocycles. The molecule has 1 amide bonds. The van der Waals surface area contributed by atoms with Crippen molar-refractivity contribution < 1.29 is 19.0 Å². The summed E-state index contributed by atoms with van der Waals surface area (Å²) in [6.45, 7) is 0.0994. The van der Waals surface area contributed by atoms with E-state index in [0.29, 0.717) is 11.3 Å². The molecule has 1 saturated carbocycles. The van der Waals surface area contributed by atoms with Crippen molar-refractivity contribution >= 4 is 5.91 Å². The van der Waals surface area contributed by atoms with Crippen molar-refractivity contribution in [2.24, 2.45) is 0 Å². The van der Waals surface area contributed by atoms with Crippen molar-refractivity contribution in [1.82, 2.24) is 5.32 Å². The number of amides is 1. The van der Waals surface area contributed by atoms with Crippen LogP contribution >= 0.6 is 0 Å². The summed E-state index contributed by atoms with van der Waals surface area (Å²) in [4.78, 5) is 12.6. The molecular formula is C19H20FNO3. The number of ether oxygens (including phenoxy) is 1. The zero-order chi connectivity index (χ0) is 17.2. The number of hydrogen-bond acceptors (Lipinski definition) is 3. The predicted octanol–water partition coefficient (Wildman–Crippen LogP) is 2.72. The molecule has 2 aromatic carbocycles. The molecular weight excluding hydrogens is 309 g/mol. The van der Waals surface area contributed by atoms with E-state index in [1.54, 1.807) is 24.3 Å². The van der Waals surface area contributed by atoms with Crippen LogP contribution in [-0.2, 0) is 10.2 Å². The van der Waals surface area contributed by atoms with E-state index in [-0.39, 0.29) is 18.3 Å². The Hall–Kier alpha value is -2.40. The van der Waals surface area contributed by atoms with Gasteiger partial charge in [0.15, 0.2) is 0 Å². The number of benzene rings is 2. The van der Waals surface area contributed by atoms with Crippen LogP contribution in [0.4, 0.5) is 4.39 Å². The Kier molecular flexibility index (Phi) is 4.53. The molecule has 0 spiro atoms. The predicted molar refractivity (Wildman–Crippen MR) is 88.3 cm³/mol. The number of para-hydroxylation sites is 1. The fourth-order valence-electron chi connectivity index (χ4n) is 2.95. The SMILES string of the molecule is COc1ccccc1[C@@H](O)CNC(=O)C1(c2ccc(F)cc2)CC1. The smallest absolute Gasteiger partial charge is 0.230 e. The first-order valence-electron chi connectivity index (χ1n) is 7.92. The van der Waals surface area contributed by atoms with E-state index in [1.165, 1.54) is 19.2 Å². The normalized spacial score (nSPS) is 16.3. The van der Waals surface area contributed by atoms with Crippen LogP contribution in [0.3, 0.4) is 0 Å². The highest BCUT2D eigenvalue weighted by Crippen LogP contribution is 2.48. The summed E-state index contributed by atoms with van der Waals surface area (Å²) in [6.07, 6.45) is 0.610. The molecule has 1 fully saturated rings. The van der Waals surface area contributed by atoms with Gasteiger partial charge in [-0.3, -0.25) is 4.79 Å². The molecule has 2 aromatic rings. The molecule has 126 valence electrons. The van der Waals surface area contributed by atoms with Gasteiger partial charge in [0, 0.05) is 12.1 Å². The summed E-state index contributed by atoms with van der Waals surface area (Å²) < 4.78 is 18.3. The summed E-state index contributed by atoms with van der Waals surface area (Å²) in [5.41, 5.74) is 0.855. The molecule has 0 aromatic heterocycles.